The molecule has 1 N–H and O–H groups in total. The highest BCUT2D eigenvalue weighted by molar-refractivity contribution is 7.09. The van der Waals surface area contributed by atoms with E-state index in [1.807, 2.05) is 0 Å². The van der Waals surface area contributed by atoms with Gasteiger partial charge in [0.15, 0.2) is 0 Å². The Hall–Kier alpha value is -0.830. The lowest BCUT2D eigenvalue weighted by molar-refractivity contribution is 0.579. The van der Waals surface area contributed by atoms with Gasteiger partial charge in [0.25, 0.3) is 0 Å². The van der Waals surface area contributed by atoms with Crippen molar-refractivity contribution < 1.29 is 0 Å². The van der Waals surface area contributed by atoms with Gasteiger partial charge < -0.3 is 5.32 Å². The van der Waals surface area contributed by atoms with Crippen LogP contribution in [0.2, 0.25) is 0 Å². The number of benzene rings is 1. The lowest BCUT2D eigenvalue weighted by Gasteiger charge is -2.13. The van der Waals surface area contributed by atoms with Crippen LogP contribution in [0.4, 0.5) is 0 Å². The van der Waals surface area contributed by atoms with Crippen LogP contribution in [0.25, 0.3) is 0 Å². The molecule has 0 spiro atoms. The zero-order valence-corrected chi connectivity index (χ0v) is 10.9. The fraction of sp³-hybridized carbons (Fsp3) is 0.231. The third kappa shape index (κ3) is 3.63. The first-order chi connectivity index (χ1) is 7.36. The average Bonchev–Trinajstić information content (AvgIpc) is 2.80. The smallest absolute Gasteiger partial charge is 0.0305 e. The summed E-state index contributed by atoms with van der Waals surface area (Å²) in [5, 5.41) is 5.63. The second-order valence-electron chi connectivity index (χ2n) is 3.59. The molecule has 0 aliphatic rings. The maximum atomic E-state index is 3.51. The number of hydrogen-bond acceptors (Lipinski definition) is 2. The van der Waals surface area contributed by atoms with Crippen molar-refractivity contribution in [1.82, 2.24) is 5.32 Å². The van der Waals surface area contributed by atoms with Gasteiger partial charge in [-0.2, -0.15) is 0 Å². The molecule has 2 aromatic rings. The highest BCUT2D eigenvalue weighted by Crippen LogP contribution is 2.14. The number of hydrogen-bond donors (Lipinski definition) is 1. The van der Waals surface area contributed by atoms with Gasteiger partial charge in [-0.25, -0.2) is 0 Å². The van der Waals surface area contributed by atoms with Crippen LogP contribution in [-0.2, 0) is 6.54 Å². The Bertz CT molecular complexity index is 386. The van der Waals surface area contributed by atoms with E-state index in [2.05, 4.69) is 60.1 Å². The maximum Gasteiger partial charge on any atom is 0.0305 e. The minimum Gasteiger partial charge on any atom is -0.305 e. The summed E-state index contributed by atoms with van der Waals surface area (Å²) in [6.07, 6.45) is 0. The summed E-state index contributed by atoms with van der Waals surface area (Å²) in [6.45, 7) is 3.15. The van der Waals surface area contributed by atoms with Crippen molar-refractivity contribution in [2.45, 2.75) is 19.5 Å². The molecule has 0 amide bonds. The normalized spacial score (nSPS) is 11.8. The molecular formula is C13H16ClNS. The standard InChI is InChI=1S/C13H15NS.ClH/c1-11(12-6-3-2-4-7-12)14-10-13-8-5-9-15-13;/h2-9,11,14H,10H2,1H3;1H. The summed E-state index contributed by atoms with van der Waals surface area (Å²) < 4.78 is 0. The van der Waals surface area contributed by atoms with Crippen molar-refractivity contribution in [3.8, 4) is 0 Å². The first-order valence-electron chi connectivity index (χ1n) is 5.17. The van der Waals surface area contributed by atoms with E-state index in [1.54, 1.807) is 11.3 Å². The molecule has 2 rings (SSSR count). The van der Waals surface area contributed by atoms with Crippen molar-refractivity contribution in [2.75, 3.05) is 0 Å². The quantitative estimate of drug-likeness (QED) is 0.868. The summed E-state index contributed by atoms with van der Waals surface area (Å²) in [5.41, 5.74) is 1.34. The molecular weight excluding hydrogens is 238 g/mol. The molecule has 0 aliphatic heterocycles. The number of halogens is 1. The summed E-state index contributed by atoms with van der Waals surface area (Å²) in [4.78, 5) is 1.39. The zero-order chi connectivity index (χ0) is 10.5. The van der Waals surface area contributed by atoms with Gasteiger partial charge in [0, 0.05) is 17.5 Å². The van der Waals surface area contributed by atoms with Crippen molar-refractivity contribution in [3.05, 3.63) is 58.3 Å². The van der Waals surface area contributed by atoms with Crippen molar-refractivity contribution in [2.24, 2.45) is 0 Å². The monoisotopic (exact) mass is 253 g/mol. The molecule has 1 unspecified atom stereocenters. The van der Waals surface area contributed by atoms with Crippen molar-refractivity contribution >= 4 is 23.7 Å². The van der Waals surface area contributed by atoms with Gasteiger partial charge in [0.05, 0.1) is 0 Å². The Morgan fingerprint density at radius 1 is 1.12 bits per heavy atom. The molecule has 1 heterocycles. The molecule has 16 heavy (non-hydrogen) atoms. The lowest BCUT2D eigenvalue weighted by Crippen LogP contribution is -2.17. The highest BCUT2D eigenvalue weighted by atomic mass is 35.5. The zero-order valence-electron chi connectivity index (χ0n) is 9.22. The summed E-state index contributed by atoms with van der Waals surface area (Å²) in [5.74, 6) is 0. The fourth-order valence-corrected chi connectivity index (χ4v) is 2.18. The number of nitrogens with one attached hydrogen (secondary N) is 1. The first kappa shape index (κ1) is 13.2. The molecule has 86 valence electrons. The van der Waals surface area contributed by atoms with Crippen molar-refractivity contribution in [3.63, 3.8) is 0 Å². The largest absolute Gasteiger partial charge is 0.305 e. The van der Waals surface area contributed by atoms with Gasteiger partial charge >= 0.3 is 0 Å². The lowest BCUT2D eigenvalue weighted by atomic mass is 10.1. The van der Waals surface area contributed by atoms with E-state index < -0.39 is 0 Å². The van der Waals surface area contributed by atoms with Crippen LogP contribution in [0.5, 0.6) is 0 Å². The second kappa shape index (κ2) is 6.69. The maximum absolute atomic E-state index is 3.51. The van der Waals surface area contributed by atoms with Crippen molar-refractivity contribution in [1.29, 1.82) is 0 Å². The van der Waals surface area contributed by atoms with Crippen LogP contribution < -0.4 is 5.32 Å². The molecule has 0 fully saturated rings. The second-order valence-corrected chi connectivity index (χ2v) is 4.62. The molecule has 3 heteroatoms. The first-order valence-corrected chi connectivity index (χ1v) is 6.05. The minimum absolute atomic E-state index is 0. The molecule has 1 atom stereocenters. The number of thiophene rings is 1. The fourth-order valence-electron chi connectivity index (χ4n) is 1.53. The van der Waals surface area contributed by atoms with E-state index >= 15 is 0 Å². The Balaban J connectivity index is 0.00000128. The third-order valence-corrected chi connectivity index (χ3v) is 3.34. The van der Waals surface area contributed by atoms with Crippen LogP contribution in [-0.4, -0.2) is 0 Å². The molecule has 0 aliphatic carbocycles. The molecule has 0 saturated carbocycles. The average molecular weight is 254 g/mol. The van der Waals surface area contributed by atoms with Gasteiger partial charge in [0.2, 0.25) is 0 Å². The van der Waals surface area contributed by atoms with E-state index in [9.17, 15) is 0 Å². The topological polar surface area (TPSA) is 12.0 Å². The molecule has 0 saturated heterocycles. The van der Waals surface area contributed by atoms with E-state index in [1.165, 1.54) is 10.4 Å². The van der Waals surface area contributed by atoms with E-state index in [0.717, 1.165) is 6.54 Å². The van der Waals surface area contributed by atoms with Crippen LogP contribution >= 0.6 is 23.7 Å². The predicted octanol–water partition coefficient (Wildman–Crippen LogP) is 4.02. The third-order valence-electron chi connectivity index (χ3n) is 2.46. The van der Waals surface area contributed by atoms with E-state index in [4.69, 9.17) is 0 Å². The van der Waals surface area contributed by atoms with Crippen LogP contribution in [0.3, 0.4) is 0 Å². The molecule has 1 aromatic carbocycles. The van der Waals surface area contributed by atoms with Gasteiger partial charge in [-0.05, 0) is 23.9 Å². The van der Waals surface area contributed by atoms with Crippen LogP contribution in [0.1, 0.15) is 23.4 Å². The highest BCUT2D eigenvalue weighted by Gasteiger charge is 2.03. The molecule has 1 aromatic heterocycles. The van der Waals surface area contributed by atoms with Gasteiger partial charge in [-0.15, -0.1) is 23.7 Å². The summed E-state index contributed by atoms with van der Waals surface area (Å²) in [7, 11) is 0. The van der Waals surface area contributed by atoms with Crippen LogP contribution in [0, 0.1) is 0 Å². The molecule has 1 nitrogen and oxygen atoms in total. The van der Waals surface area contributed by atoms with Gasteiger partial charge in [-0.1, -0.05) is 36.4 Å². The molecule has 0 radical (unpaired) electrons. The Morgan fingerprint density at radius 2 is 1.88 bits per heavy atom. The molecule has 0 bridgehead atoms. The number of rotatable bonds is 4. The SMILES string of the molecule is CC(NCc1cccs1)c1ccccc1.Cl. The van der Waals surface area contributed by atoms with Gasteiger partial charge in [0.1, 0.15) is 0 Å². The predicted molar refractivity (Wildman–Crippen MR) is 73.3 cm³/mol. The summed E-state index contributed by atoms with van der Waals surface area (Å²) >= 11 is 1.80. The Labute approximate surface area is 107 Å². The minimum atomic E-state index is 0. The Morgan fingerprint density at radius 3 is 2.50 bits per heavy atom. The van der Waals surface area contributed by atoms with Crippen LogP contribution in [0.15, 0.2) is 47.8 Å². The van der Waals surface area contributed by atoms with E-state index in [0.29, 0.717) is 6.04 Å². The summed E-state index contributed by atoms with van der Waals surface area (Å²) in [6, 6.07) is 15.2. The Kier molecular flexibility index (Phi) is 5.53. The van der Waals surface area contributed by atoms with E-state index in [-0.39, 0.29) is 12.4 Å². The van der Waals surface area contributed by atoms with Gasteiger partial charge in [-0.3, -0.25) is 0 Å².